The lowest BCUT2D eigenvalue weighted by Crippen LogP contribution is -2.37. The summed E-state index contributed by atoms with van der Waals surface area (Å²) >= 11 is 5.91. The highest BCUT2D eigenvalue weighted by Gasteiger charge is 2.36. The van der Waals surface area contributed by atoms with E-state index in [0.717, 1.165) is 37.7 Å². The lowest BCUT2D eigenvalue weighted by molar-refractivity contribution is -0.137. The molecular formula is C19H20ClN3O2. The van der Waals surface area contributed by atoms with Gasteiger partial charge in [0.25, 0.3) is 0 Å². The van der Waals surface area contributed by atoms with Crippen molar-refractivity contribution in [3.8, 4) is 11.5 Å². The zero-order valence-corrected chi connectivity index (χ0v) is 14.7. The van der Waals surface area contributed by atoms with Crippen LogP contribution in [-0.4, -0.2) is 27.0 Å². The summed E-state index contributed by atoms with van der Waals surface area (Å²) in [5.41, 5.74) is 0.824. The minimum Gasteiger partial charge on any atom is -0.419 e. The van der Waals surface area contributed by atoms with Crippen LogP contribution >= 0.6 is 11.6 Å². The number of allylic oxidation sites excluding steroid dienone is 2. The highest BCUT2D eigenvalue weighted by molar-refractivity contribution is 6.30. The highest BCUT2D eigenvalue weighted by atomic mass is 35.5. The van der Waals surface area contributed by atoms with Crippen LogP contribution in [0.4, 0.5) is 0 Å². The van der Waals surface area contributed by atoms with E-state index in [1.807, 2.05) is 17.0 Å². The van der Waals surface area contributed by atoms with Crippen LogP contribution in [0.15, 0.2) is 40.8 Å². The van der Waals surface area contributed by atoms with Gasteiger partial charge in [0.2, 0.25) is 17.7 Å². The minimum absolute atomic E-state index is 0.0873. The first-order valence-corrected chi connectivity index (χ1v) is 9.12. The lowest BCUT2D eigenvalue weighted by atomic mass is 9.93. The van der Waals surface area contributed by atoms with Crippen molar-refractivity contribution in [2.45, 2.75) is 44.7 Å². The van der Waals surface area contributed by atoms with Gasteiger partial charge >= 0.3 is 0 Å². The van der Waals surface area contributed by atoms with E-state index in [1.54, 1.807) is 12.1 Å². The molecule has 25 heavy (non-hydrogen) atoms. The van der Waals surface area contributed by atoms with Gasteiger partial charge in [0, 0.05) is 22.5 Å². The van der Waals surface area contributed by atoms with E-state index in [9.17, 15) is 4.79 Å². The SMILES string of the molecule is O=C([C@@H]1CC=CCC1)N(Cc1nnc(-c2ccc(Cl)cc2)o1)C1CC1. The van der Waals surface area contributed by atoms with Crippen molar-refractivity contribution in [2.75, 3.05) is 0 Å². The molecule has 0 saturated heterocycles. The highest BCUT2D eigenvalue weighted by Crippen LogP contribution is 2.32. The van der Waals surface area contributed by atoms with E-state index >= 15 is 0 Å². The van der Waals surface area contributed by atoms with E-state index in [-0.39, 0.29) is 11.8 Å². The predicted octanol–water partition coefficient (Wildman–Crippen LogP) is 4.24. The molecular weight excluding hydrogens is 338 g/mol. The molecule has 0 spiro atoms. The number of rotatable bonds is 5. The molecule has 1 fully saturated rings. The van der Waals surface area contributed by atoms with Crippen molar-refractivity contribution in [1.82, 2.24) is 15.1 Å². The van der Waals surface area contributed by atoms with E-state index in [1.165, 1.54) is 0 Å². The van der Waals surface area contributed by atoms with Gasteiger partial charge in [-0.25, -0.2) is 0 Å². The zero-order chi connectivity index (χ0) is 17.2. The second-order valence-corrected chi connectivity index (χ2v) is 7.12. The molecule has 2 aromatic rings. The molecule has 1 aromatic carbocycles. The van der Waals surface area contributed by atoms with Crippen LogP contribution in [0, 0.1) is 5.92 Å². The summed E-state index contributed by atoms with van der Waals surface area (Å²) in [6.07, 6.45) is 9.14. The number of amides is 1. The van der Waals surface area contributed by atoms with Crippen molar-refractivity contribution in [2.24, 2.45) is 5.92 Å². The Bertz CT molecular complexity index is 780. The van der Waals surface area contributed by atoms with Crippen LogP contribution in [0.1, 0.15) is 38.0 Å². The number of benzene rings is 1. The number of hydrogen-bond acceptors (Lipinski definition) is 4. The average molecular weight is 358 g/mol. The molecule has 1 amide bonds. The molecule has 5 nitrogen and oxygen atoms in total. The zero-order valence-electron chi connectivity index (χ0n) is 13.9. The van der Waals surface area contributed by atoms with Crippen LogP contribution < -0.4 is 0 Å². The van der Waals surface area contributed by atoms with Crippen LogP contribution in [0.5, 0.6) is 0 Å². The topological polar surface area (TPSA) is 59.2 Å². The van der Waals surface area contributed by atoms with Gasteiger partial charge in [-0.3, -0.25) is 4.79 Å². The first kappa shape index (κ1) is 16.3. The monoisotopic (exact) mass is 357 g/mol. The predicted molar refractivity (Wildman–Crippen MR) is 94.8 cm³/mol. The second-order valence-electron chi connectivity index (χ2n) is 6.69. The fraction of sp³-hybridized carbons (Fsp3) is 0.421. The first-order chi connectivity index (χ1) is 12.2. The lowest BCUT2D eigenvalue weighted by Gasteiger charge is -2.26. The van der Waals surface area contributed by atoms with Crippen LogP contribution in [-0.2, 0) is 11.3 Å². The van der Waals surface area contributed by atoms with E-state index in [4.69, 9.17) is 16.0 Å². The fourth-order valence-corrected chi connectivity index (χ4v) is 3.32. The third kappa shape index (κ3) is 3.76. The molecule has 4 rings (SSSR count). The van der Waals surface area contributed by atoms with Gasteiger partial charge in [0.05, 0.1) is 6.54 Å². The molecule has 130 valence electrons. The summed E-state index contributed by atoms with van der Waals surface area (Å²) in [6, 6.07) is 7.59. The Kier molecular flexibility index (Phi) is 4.57. The summed E-state index contributed by atoms with van der Waals surface area (Å²) in [5, 5.41) is 8.91. The Labute approximate surface area is 151 Å². The quantitative estimate of drug-likeness (QED) is 0.751. The van der Waals surface area contributed by atoms with Crippen molar-refractivity contribution < 1.29 is 9.21 Å². The van der Waals surface area contributed by atoms with Crippen LogP contribution in [0.3, 0.4) is 0 Å². The number of aromatic nitrogens is 2. The van der Waals surface area contributed by atoms with Gasteiger partial charge in [-0.05, 0) is 56.4 Å². The van der Waals surface area contributed by atoms with Gasteiger partial charge < -0.3 is 9.32 Å². The molecule has 0 bridgehead atoms. The molecule has 1 atom stereocenters. The molecule has 6 heteroatoms. The van der Waals surface area contributed by atoms with Gasteiger partial charge in [-0.15, -0.1) is 10.2 Å². The third-order valence-corrected chi connectivity index (χ3v) is 5.00. The first-order valence-electron chi connectivity index (χ1n) is 8.74. The molecule has 0 N–H and O–H groups in total. The van der Waals surface area contributed by atoms with Gasteiger partial charge in [0.1, 0.15) is 0 Å². The number of carbonyl (C=O) groups excluding carboxylic acids is 1. The van der Waals surface area contributed by atoms with Crippen molar-refractivity contribution >= 4 is 17.5 Å². The van der Waals surface area contributed by atoms with E-state index in [2.05, 4.69) is 22.3 Å². The average Bonchev–Trinajstić information content (AvgIpc) is 3.39. The Morgan fingerprint density at radius 1 is 1.16 bits per heavy atom. The standard InChI is InChI=1S/C19H20ClN3O2/c20-15-8-6-13(7-9-15)18-22-21-17(25-18)12-23(16-10-11-16)19(24)14-4-2-1-3-5-14/h1-2,6-9,14,16H,3-5,10-12H2/t14-/m1/s1. The molecule has 1 aromatic heterocycles. The Hall–Kier alpha value is -2.14. The molecule has 0 aliphatic heterocycles. The largest absolute Gasteiger partial charge is 0.419 e. The Morgan fingerprint density at radius 2 is 1.96 bits per heavy atom. The summed E-state index contributed by atoms with van der Waals surface area (Å²) in [7, 11) is 0. The van der Waals surface area contributed by atoms with Crippen LogP contribution in [0.2, 0.25) is 5.02 Å². The fourth-order valence-electron chi connectivity index (χ4n) is 3.20. The molecule has 0 unspecified atom stereocenters. The summed E-state index contributed by atoms with van der Waals surface area (Å²) in [6.45, 7) is 0.393. The maximum Gasteiger partial charge on any atom is 0.247 e. The van der Waals surface area contributed by atoms with E-state index < -0.39 is 0 Å². The van der Waals surface area contributed by atoms with Gasteiger partial charge in [-0.1, -0.05) is 23.8 Å². The third-order valence-electron chi connectivity index (χ3n) is 4.75. The maximum absolute atomic E-state index is 12.9. The molecule has 1 saturated carbocycles. The molecule has 0 radical (unpaired) electrons. The normalized spacial score (nSPS) is 19.8. The van der Waals surface area contributed by atoms with Crippen molar-refractivity contribution in [3.05, 3.63) is 47.3 Å². The van der Waals surface area contributed by atoms with Crippen molar-refractivity contribution in [1.29, 1.82) is 0 Å². The molecule has 2 aliphatic carbocycles. The summed E-state index contributed by atoms with van der Waals surface area (Å²) < 4.78 is 5.78. The molecule has 2 aliphatic rings. The summed E-state index contributed by atoms with van der Waals surface area (Å²) in [4.78, 5) is 14.8. The second kappa shape index (κ2) is 7.00. The van der Waals surface area contributed by atoms with Crippen molar-refractivity contribution in [3.63, 3.8) is 0 Å². The summed E-state index contributed by atoms with van der Waals surface area (Å²) in [5.74, 6) is 1.24. The van der Waals surface area contributed by atoms with Crippen LogP contribution in [0.25, 0.3) is 11.5 Å². The molecule has 1 heterocycles. The van der Waals surface area contributed by atoms with Gasteiger partial charge in [-0.2, -0.15) is 0 Å². The number of hydrogen-bond donors (Lipinski definition) is 0. The van der Waals surface area contributed by atoms with E-state index in [0.29, 0.717) is 29.4 Å². The Morgan fingerprint density at radius 3 is 2.64 bits per heavy atom. The smallest absolute Gasteiger partial charge is 0.247 e. The number of carbonyl (C=O) groups is 1. The number of halogens is 1. The number of nitrogens with zero attached hydrogens (tertiary/aromatic N) is 3. The maximum atomic E-state index is 12.9. The minimum atomic E-state index is 0.0873. The van der Waals surface area contributed by atoms with Gasteiger partial charge in [0.15, 0.2) is 0 Å². The Balaban J connectivity index is 1.48.